The van der Waals surface area contributed by atoms with Crippen molar-refractivity contribution in [3.05, 3.63) is 53.4 Å². The van der Waals surface area contributed by atoms with Crippen LogP contribution in [0.2, 0.25) is 0 Å². The van der Waals surface area contributed by atoms with Crippen molar-refractivity contribution in [1.29, 1.82) is 0 Å². The van der Waals surface area contributed by atoms with Gasteiger partial charge in [-0.1, -0.05) is 6.92 Å². The number of halogens is 2. The lowest BCUT2D eigenvalue weighted by Crippen LogP contribution is -2.26. The van der Waals surface area contributed by atoms with E-state index in [2.05, 4.69) is 18.9 Å². The van der Waals surface area contributed by atoms with Crippen LogP contribution < -0.4 is 5.73 Å². The van der Waals surface area contributed by atoms with Gasteiger partial charge in [0, 0.05) is 30.8 Å². The fourth-order valence-electron chi connectivity index (χ4n) is 2.29. The van der Waals surface area contributed by atoms with Gasteiger partial charge in [-0.05, 0) is 43.5 Å². The molecular formula is C16H21F2N3. The fraction of sp³-hybridized carbons (Fsp3) is 0.438. The molecule has 0 aliphatic heterocycles. The second kappa shape index (κ2) is 6.80. The van der Waals surface area contributed by atoms with E-state index in [0.29, 0.717) is 24.4 Å². The average Bonchev–Trinajstić information content (AvgIpc) is 2.84. The first-order chi connectivity index (χ1) is 9.97. The second-order valence-electron chi connectivity index (χ2n) is 5.49. The Morgan fingerprint density at radius 1 is 1.19 bits per heavy atom. The zero-order valence-electron chi connectivity index (χ0n) is 12.4. The van der Waals surface area contributed by atoms with Crippen LogP contribution in [-0.2, 0) is 12.8 Å². The highest BCUT2D eigenvalue weighted by molar-refractivity contribution is 5.19. The molecule has 1 aromatic heterocycles. The Morgan fingerprint density at radius 3 is 2.48 bits per heavy atom. The molecule has 21 heavy (non-hydrogen) atoms. The van der Waals surface area contributed by atoms with Crippen molar-refractivity contribution in [2.75, 3.05) is 0 Å². The van der Waals surface area contributed by atoms with E-state index in [1.165, 1.54) is 12.1 Å². The molecule has 1 aromatic carbocycles. The quantitative estimate of drug-likeness (QED) is 0.888. The summed E-state index contributed by atoms with van der Waals surface area (Å²) in [7, 11) is 0. The highest BCUT2D eigenvalue weighted by Crippen LogP contribution is 2.13. The molecule has 114 valence electrons. The first-order valence-electron chi connectivity index (χ1n) is 7.22. The molecule has 3 nitrogen and oxygen atoms in total. The third-order valence-electron chi connectivity index (χ3n) is 3.60. The van der Waals surface area contributed by atoms with Crippen LogP contribution in [0.1, 0.15) is 37.6 Å². The number of rotatable bonds is 6. The molecule has 0 spiro atoms. The molecule has 1 heterocycles. The van der Waals surface area contributed by atoms with Gasteiger partial charge >= 0.3 is 0 Å². The lowest BCUT2D eigenvalue weighted by molar-refractivity contribution is 0.471. The topological polar surface area (TPSA) is 43.8 Å². The van der Waals surface area contributed by atoms with Gasteiger partial charge in [0.05, 0.1) is 5.69 Å². The van der Waals surface area contributed by atoms with Crippen LogP contribution in [0.4, 0.5) is 8.78 Å². The number of hydrogen-bond donors (Lipinski definition) is 1. The van der Waals surface area contributed by atoms with Crippen molar-refractivity contribution < 1.29 is 8.78 Å². The summed E-state index contributed by atoms with van der Waals surface area (Å²) in [6, 6.07) is 5.58. The summed E-state index contributed by atoms with van der Waals surface area (Å²) in [6.07, 6.45) is 3.96. The largest absolute Gasteiger partial charge is 0.327 e. The van der Waals surface area contributed by atoms with Gasteiger partial charge < -0.3 is 5.73 Å². The maximum Gasteiger partial charge on any atom is 0.126 e. The van der Waals surface area contributed by atoms with Gasteiger partial charge in [0.1, 0.15) is 11.6 Å². The van der Waals surface area contributed by atoms with Crippen LogP contribution in [-0.4, -0.2) is 15.8 Å². The highest BCUT2D eigenvalue weighted by Gasteiger charge is 2.11. The number of nitrogens with zero attached hydrogens (tertiary/aromatic N) is 2. The molecule has 2 N–H and O–H groups in total. The molecule has 0 amide bonds. The lowest BCUT2D eigenvalue weighted by Gasteiger charge is -2.11. The van der Waals surface area contributed by atoms with E-state index in [1.54, 1.807) is 0 Å². The van der Waals surface area contributed by atoms with Gasteiger partial charge in [-0.2, -0.15) is 5.10 Å². The lowest BCUT2D eigenvalue weighted by atomic mass is 10.0. The molecule has 0 saturated carbocycles. The summed E-state index contributed by atoms with van der Waals surface area (Å²) < 4.78 is 28.2. The minimum Gasteiger partial charge on any atom is -0.327 e. The summed E-state index contributed by atoms with van der Waals surface area (Å²) in [5, 5.41) is 4.49. The van der Waals surface area contributed by atoms with Crippen LogP contribution in [0.15, 0.2) is 30.5 Å². The Balaban J connectivity index is 1.98. The monoisotopic (exact) mass is 293 g/mol. The molecule has 0 fully saturated rings. The zero-order chi connectivity index (χ0) is 15.4. The average molecular weight is 293 g/mol. The molecule has 0 bridgehead atoms. The molecular weight excluding hydrogens is 272 g/mol. The summed E-state index contributed by atoms with van der Waals surface area (Å²) >= 11 is 0. The van der Waals surface area contributed by atoms with Crippen LogP contribution in [0.3, 0.4) is 0 Å². The SMILES string of the molecule is CCC(C)n1ccc(CC(N)Cc2cc(F)cc(F)c2)n1. The maximum atomic E-state index is 13.1. The van der Waals surface area contributed by atoms with Gasteiger partial charge in [0.15, 0.2) is 0 Å². The van der Waals surface area contributed by atoms with E-state index < -0.39 is 11.6 Å². The summed E-state index contributed by atoms with van der Waals surface area (Å²) in [5.41, 5.74) is 7.53. The van der Waals surface area contributed by atoms with Crippen molar-refractivity contribution in [1.82, 2.24) is 9.78 Å². The van der Waals surface area contributed by atoms with Crippen LogP contribution >= 0.6 is 0 Å². The van der Waals surface area contributed by atoms with Gasteiger partial charge in [-0.25, -0.2) is 8.78 Å². The van der Waals surface area contributed by atoms with Gasteiger partial charge in [0.2, 0.25) is 0 Å². The van der Waals surface area contributed by atoms with E-state index >= 15 is 0 Å². The van der Waals surface area contributed by atoms with Crippen molar-refractivity contribution in [2.45, 2.75) is 45.2 Å². The number of nitrogens with two attached hydrogens (primary N) is 1. The third-order valence-corrected chi connectivity index (χ3v) is 3.60. The Bertz CT molecular complexity index is 575. The number of aromatic nitrogens is 2. The Labute approximate surface area is 123 Å². The fourth-order valence-corrected chi connectivity index (χ4v) is 2.29. The van der Waals surface area contributed by atoms with Gasteiger partial charge in [0.25, 0.3) is 0 Å². The molecule has 0 radical (unpaired) electrons. The van der Waals surface area contributed by atoms with Crippen LogP contribution in [0.5, 0.6) is 0 Å². The minimum atomic E-state index is -0.571. The highest BCUT2D eigenvalue weighted by atomic mass is 19.1. The smallest absolute Gasteiger partial charge is 0.126 e. The Hall–Kier alpha value is -1.75. The Morgan fingerprint density at radius 2 is 1.86 bits per heavy atom. The van der Waals surface area contributed by atoms with E-state index in [4.69, 9.17) is 5.73 Å². The molecule has 2 unspecified atom stereocenters. The number of benzene rings is 1. The Kier molecular flexibility index (Phi) is 5.07. The first kappa shape index (κ1) is 15.6. The molecule has 2 atom stereocenters. The summed E-state index contributed by atoms with van der Waals surface area (Å²) in [6.45, 7) is 4.21. The van der Waals surface area contributed by atoms with E-state index in [9.17, 15) is 8.78 Å². The zero-order valence-corrected chi connectivity index (χ0v) is 12.4. The normalized spacial score (nSPS) is 14.1. The second-order valence-corrected chi connectivity index (χ2v) is 5.49. The predicted octanol–water partition coefficient (Wildman–Crippen LogP) is 3.24. The summed E-state index contributed by atoms with van der Waals surface area (Å²) in [5.74, 6) is -1.14. The molecule has 2 aromatic rings. The van der Waals surface area contributed by atoms with E-state index in [0.717, 1.165) is 18.2 Å². The molecule has 5 heteroatoms. The molecule has 0 aliphatic rings. The standard InChI is InChI=1S/C16H21F2N3/c1-3-11(2)21-5-4-16(20-21)10-15(19)8-12-6-13(17)9-14(18)7-12/h4-7,9,11,15H,3,8,10,19H2,1-2H3. The van der Waals surface area contributed by atoms with Crippen molar-refractivity contribution in [2.24, 2.45) is 5.73 Å². The van der Waals surface area contributed by atoms with Gasteiger partial charge in [-0.15, -0.1) is 0 Å². The minimum absolute atomic E-state index is 0.216. The molecule has 0 saturated heterocycles. The van der Waals surface area contributed by atoms with Gasteiger partial charge in [-0.3, -0.25) is 4.68 Å². The van der Waals surface area contributed by atoms with Crippen molar-refractivity contribution >= 4 is 0 Å². The molecule has 0 aliphatic carbocycles. The summed E-state index contributed by atoms with van der Waals surface area (Å²) in [4.78, 5) is 0. The third kappa shape index (κ3) is 4.36. The van der Waals surface area contributed by atoms with Crippen molar-refractivity contribution in [3.63, 3.8) is 0 Å². The van der Waals surface area contributed by atoms with E-state index in [1.807, 2.05) is 16.9 Å². The first-order valence-corrected chi connectivity index (χ1v) is 7.22. The maximum absolute atomic E-state index is 13.1. The number of hydrogen-bond acceptors (Lipinski definition) is 2. The molecule has 2 rings (SSSR count). The van der Waals surface area contributed by atoms with E-state index in [-0.39, 0.29) is 6.04 Å². The predicted molar refractivity (Wildman–Crippen MR) is 79.0 cm³/mol. The van der Waals surface area contributed by atoms with Crippen LogP contribution in [0.25, 0.3) is 0 Å². The van der Waals surface area contributed by atoms with Crippen LogP contribution in [0, 0.1) is 11.6 Å². The van der Waals surface area contributed by atoms with Crippen molar-refractivity contribution in [3.8, 4) is 0 Å².